The first-order chi connectivity index (χ1) is 9.86. The lowest BCUT2D eigenvalue weighted by molar-refractivity contribution is -0.155. The summed E-state index contributed by atoms with van der Waals surface area (Å²) in [6, 6.07) is 2.10. The van der Waals surface area contributed by atoms with Crippen molar-refractivity contribution in [1.29, 1.82) is 5.26 Å². The van der Waals surface area contributed by atoms with E-state index in [0.717, 1.165) is 0 Å². The van der Waals surface area contributed by atoms with E-state index in [-0.39, 0.29) is 32.1 Å². The van der Waals surface area contributed by atoms with Crippen LogP contribution in [0.3, 0.4) is 0 Å². The topological polar surface area (TPSA) is 56.6 Å². The zero-order valence-corrected chi connectivity index (χ0v) is 11.7. The van der Waals surface area contributed by atoms with E-state index in [1.54, 1.807) is 0 Å². The lowest BCUT2D eigenvalue weighted by atomic mass is 9.80. The van der Waals surface area contributed by atoms with Crippen LogP contribution in [0.15, 0.2) is 0 Å². The van der Waals surface area contributed by atoms with Crippen molar-refractivity contribution in [3.63, 3.8) is 0 Å². The molecule has 0 radical (unpaired) electrons. The van der Waals surface area contributed by atoms with Crippen LogP contribution in [0.5, 0.6) is 0 Å². The van der Waals surface area contributed by atoms with Crippen molar-refractivity contribution >= 4 is 5.91 Å². The van der Waals surface area contributed by atoms with Gasteiger partial charge in [0.2, 0.25) is 5.91 Å². The van der Waals surface area contributed by atoms with Crippen LogP contribution in [0.1, 0.15) is 12.8 Å². The number of carbonyl (C=O) groups is 1. The molecule has 0 bridgehead atoms. The molecule has 2 rings (SSSR count). The molecule has 2 heterocycles. The Kier molecular flexibility index (Phi) is 4.74. The predicted molar refractivity (Wildman–Crippen MR) is 67.2 cm³/mol. The SMILES string of the molecule is N#CC1(C(=O)N2CCN(CC(F)(F)F)CC2)CCOCC1. The van der Waals surface area contributed by atoms with Gasteiger partial charge in [0.05, 0.1) is 12.6 Å². The largest absolute Gasteiger partial charge is 0.401 e. The summed E-state index contributed by atoms with van der Waals surface area (Å²) in [4.78, 5) is 15.3. The summed E-state index contributed by atoms with van der Waals surface area (Å²) in [5.41, 5.74) is -1.07. The fraction of sp³-hybridized carbons (Fsp3) is 0.846. The molecule has 2 fully saturated rings. The van der Waals surface area contributed by atoms with E-state index in [9.17, 15) is 23.2 Å². The average molecular weight is 305 g/mol. The molecular formula is C13H18F3N3O2. The predicted octanol–water partition coefficient (Wildman–Crippen LogP) is 1.01. The van der Waals surface area contributed by atoms with E-state index in [4.69, 9.17) is 4.74 Å². The Morgan fingerprint density at radius 2 is 1.76 bits per heavy atom. The van der Waals surface area contributed by atoms with Gasteiger partial charge in [-0.1, -0.05) is 0 Å². The van der Waals surface area contributed by atoms with Crippen molar-refractivity contribution in [3.05, 3.63) is 0 Å². The Balaban J connectivity index is 1.92. The molecule has 2 saturated heterocycles. The van der Waals surface area contributed by atoms with Crippen LogP contribution in [-0.2, 0) is 9.53 Å². The molecule has 0 aliphatic carbocycles. The Bertz CT molecular complexity index is 419. The highest BCUT2D eigenvalue weighted by Crippen LogP contribution is 2.32. The van der Waals surface area contributed by atoms with Gasteiger partial charge in [-0.2, -0.15) is 18.4 Å². The van der Waals surface area contributed by atoms with E-state index < -0.39 is 18.1 Å². The summed E-state index contributed by atoms with van der Waals surface area (Å²) >= 11 is 0. The van der Waals surface area contributed by atoms with E-state index in [2.05, 4.69) is 6.07 Å². The lowest BCUT2D eigenvalue weighted by Crippen LogP contribution is -2.55. The quantitative estimate of drug-likeness (QED) is 0.764. The van der Waals surface area contributed by atoms with Crippen molar-refractivity contribution in [2.24, 2.45) is 5.41 Å². The third-order valence-corrected chi connectivity index (χ3v) is 4.03. The van der Waals surface area contributed by atoms with Gasteiger partial charge < -0.3 is 9.64 Å². The molecule has 0 aromatic carbocycles. The smallest absolute Gasteiger partial charge is 0.381 e. The van der Waals surface area contributed by atoms with Crippen LogP contribution < -0.4 is 0 Å². The molecule has 0 spiro atoms. The Hall–Kier alpha value is -1.33. The van der Waals surface area contributed by atoms with Gasteiger partial charge in [-0.05, 0) is 12.8 Å². The van der Waals surface area contributed by atoms with E-state index in [0.29, 0.717) is 26.1 Å². The minimum Gasteiger partial charge on any atom is -0.381 e. The zero-order valence-electron chi connectivity index (χ0n) is 11.7. The molecule has 0 atom stereocenters. The van der Waals surface area contributed by atoms with Gasteiger partial charge in [-0.15, -0.1) is 0 Å². The number of nitriles is 1. The van der Waals surface area contributed by atoms with Crippen molar-refractivity contribution in [2.75, 3.05) is 45.9 Å². The van der Waals surface area contributed by atoms with Gasteiger partial charge in [-0.3, -0.25) is 9.69 Å². The summed E-state index contributed by atoms with van der Waals surface area (Å²) in [6.07, 6.45) is -3.52. The van der Waals surface area contributed by atoms with Gasteiger partial charge in [-0.25, -0.2) is 0 Å². The number of halogens is 3. The summed E-state index contributed by atoms with van der Waals surface area (Å²) in [5, 5.41) is 9.34. The molecular weight excluding hydrogens is 287 g/mol. The fourth-order valence-corrected chi connectivity index (χ4v) is 2.76. The number of nitrogens with zero attached hydrogens (tertiary/aromatic N) is 3. The van der Waals surface area contributed by atoms with Gasteiger partial charge in [0.1, 0.15) is 5.41 Å². The number of hydrogen-bond acceptors (Lipinski definition) is 4. The summed E-state index contributed by atoms with van der Waals surface area (Å²) in [7, 11) is 0. The van der Waals surface area contributed by atoms with Gasteiger partial charge in [0.15, 0.2) is 0 Å². The van der Waals surface area contributed by atoms with Gasteiger partial charge in [0, 0.05) is 39.4 Å². The molecule has 1 amide bonds. The van der Waals surface area contributed by atoms with Crippen LogP contribution in [0, 0.1) is 16.7 Å². The van der Waals surface area contributed by atoms with E-state index in [1.165, 1.54) is 9.80 Å². The second-order valence-corrected chi connectivity index (χ2v) is 5.49. The maximum absolute atomic E-state index is 12.5. The van der Waals surface area contributed by atoms with Crippen molar-refractivity contribution in [1.82, 2.24) is 9.80 Å². The zero-order chi connectivity index (χ0) is 15.5. The van der Waals surface area contributed by atoms with E-state index >= 15 is 0 Å². The third kappa shape index (κ3) is 3.86. The number of alkyl halides is 3. The van der Waals surface area contributed by atoms with Crippen LogP contribution in [0.25, 0.3) is 0 Å². The maximum atomic E-state index is 12.5. The van der Waals surface area contributed by atoms with E-state index in [1.807, 2.05) is 0 Å². The van der Waals surface area contributed by atoms with Crippen molar-refractivity contribution < 1.29 is 22.7 Å². The summed E-state index contributed by atoms with van der Waals surface area (Å²) < 4.78 is 42.2. The average Bonchev–Trinajstić information content (AvgIpc) is 2.46. The maximum Gasteiger partial charge on any atom is 0.401 e. The minimum atomic E-state index is -4.22. The first kappa shape index (κ1) is 16.0. The number of ether oxygens (including phenoxy) is 1. The first-order valence-electron chi connectivity index (χ1n) is 6.94. The molecule has 0 aromatic heterocycles. The highest BCUT2D eigenvalue weighted by molar-refractivity contribution is 5.85. The number of piperazine rings is 1. The van der Waals surface area contributed by atoms with Crippen LogP contribution in [0.2, 0.25) is 0 Å². The molecule has 2 aliphatic rings. The number of amides is 1. The van der Waals surface area contributed by atoms with Crippen molar-refractivity contribution in [3.8, 4) is 6.07 Å². The third-order valence-electron chi connectivity index (χ3n) is 4.03. The van der Waals surface area contributed by atoms with Crippen LogP contribution >= 0.6 is 0 Å². The standard InChI is InChI=1S/C13H18F3N3O2/c14-13(15,16)10-18-3-5-19(6-4-18)11(20)12(9-17)1-7-21-8-2-12/h1-8,10H2. The molecule has 0 unspecified atom stereocenters. The lowest BCUT2D eigenvalue weighted by Gasteiger charge is -2.39. The first-order valence-corrected chi connectivity index (χ1v) is 6.94. The summed E-state index contributed by atoms with van der Waals surface area (Å²) in [5.74, 6) is -0.264. The molecule has 5 nitrogen and oxygen atoms in total. The van der Waals surface area contributed by atoms with Crippen molar-refractivity contribution in [2.45, 2.75) is 19.0 Å². The summed E-state index contributed by atoms with van der Waals surface area (Å²) in [6.45, 7) is 0.623. The highest BCUT2D eigenvalue weighted by atomic mass is 19.4. The molecule has 2 aliphatic heterocycles. The minimum absolute atomic E-state index is 0.184. The molecule has 118 valence electrons. The number of hydrogen-bond donors (Lipinski definition) is 0. The molecule has 0 N–H and O–H groups in total. The fourth-order valence-electron chi connectivity index (χ4n) is 2.76. The second-order valence-electron chi connectivity index (χ2n) is 5.49. The highest BCUT2D eigenvalue weighted by Gasteiger charge is 2.44. The molecule has 0 aromatic rings. The Morgan fingerprint density at radius 3 is 2.24 bits per heavy atom. The Labute approximate surface area is 121 Å². The number of carbonyl (C=O) groups excluding carboxylic acids is 1. The van der Waals surface area contributed by atoms with Gasteiger partial charge >= 0.3 is 6.18 Å². The Morgan fingerprint density at radius 1 is 1.19 bits per heavy atom. The molecule has 8 heteroatoms. The molecule has 0 saturated carbocycles. The van der Waals surface area contributed by atoms with Gasteiger partial charge in [0.25, 0.3) is 0 Å². The van der Waals surface area contributed by atoms with Crippen LogP contribution in [0.4, 0.5) is 13.2 Å². The number of rotatable bonds is 2. The normalized spacial score (nSPS) is 23.6. The second kappa shape index (κ2) is 6.20. The monoisotopic (exact) mass is 305 g/mol. The van der Waals surface area contributed by atoms with Crippen LogP contribution in [-0.4, -0.2) is 67.8 Å². The molecule has 21 heavy (non-hydrogen) atoms.